The van der Waals surface area contributed by atoms with Crippen molar-refractivity contribution in [1.82, 2.24) is 0 Å². The molecule has 1 heterocycles. The van der Waals surface area contributed by atoms with Gasteiger partial charge in [-0.15, -0.1) is 0 Å². The van der Waals surface area contributed by atoms with E-state index >= 15 is 0 Å². The molecule has 84 valence electrons. The molecule has 2 N–H and O–H groups in total. The Morgan fingerprint density at radius 3 is 2.50 bits per heavy atom. The highest BCUT2D eigenvalue weighted by molar-refractivity contribution is 7.91. The van der Waals surface area contributed by atoms with Crippen LogP contribution in [0.2, 0.25) is 0 Å². The number of rotatable bonds is 4. The minimum Gasteiger partial charge on any atom is -0.324 e. The Kier molecular flexibility index (Phi) is 3.58. The number of hydrogen-bond acceptors (Lipinski definition) is 3. The lowest BCUT2D eigenvalue weighted by Crippen LogP contribution is -2.40. The molecule has 0 radical (unpaired) electrons. The van der Waals surface area contributed by atoms with Gasteiger partial charge in [0.05, 0.1) is 11.5 Å². The highest BCUT2D eigenvalue weighted by atomic mass is 32.2. The maximum Gasteiger partial charge on any atom is 0.152 e. The van der Waals surface area contributed by atoms with E-state index in [0.29, 0.717) is 12.3 Å². The summed E-state index contributed by atoms with van der Waals surface area (Å²) in [5, 5.41) is 0. The molecule has 0 aromatic heterocycles. The van der Waals surface area contributed by atoms with Gasteiger partial charge in [-0.1, -0.05) is 26.7 Å². The maximum atomic E-state index is 11.3. The van der Waals surface area contributed by atoms with E-state index in [9.17, 15) is 8.42 Å². The zero-order valence-electron chi connectivity index (χ0n) is 9.12. The van der Waals surface area contributed by atoms with Gasteiger partial charge in [0.1, 0.15) is 0 Å². The molecule has 0 amide bonds. The molecule has 0 aromatic rings. The highest BCUT2D eigenvalue weighted by Gasteiger charge is 2.38. The molecule has 4 heteroatoms. The first kappa shape index (κ1) is 12.0. The van der Waals surface area contributed by atoms with Crippen LogP contribution in [0.3, 0.4) is 0 Å². The summed E-state index contributed by atoms with van der Waals surface area (Å²) in [7, 11) is -2.83. The molecule has 3 nitrogen and oxygen atoms in total. The first-order chi connectivity index (χ1) is 6.33. The Morgan fingerprint density at radius 1 is 1.43 bits per heavy atom. The van der Waals surface area contributed by atoms with E-state index in [1.165, 1.54) is 0 Å². The molecule has 1 unspecified atom stereocenters. The molecule has 14 heavy (non-hydrogen) atoms. The van der Waals surface area contributed by atoms with Gasteiger partial charge in [-0.3, -0.25) is 0 Å². The monoisotopic (exact) mass is 219 g/mol. The average molecular weight is 219 g/mol. The number of hydrogen-bond donors (Lipinski definition) is 1. The largest absolute Gasteiger partial charge is 0.324 e. The van der Waals surface area contributed by atoms with Crippen molar-refractivity contribution >= 4 is 9.84 Å². The fraction of sp³-hybridized carbons (Fsp3) is 1.00. The van der Waals surface area contributed by atoms with Crippen LogP contribution in [-0.2, 0) is 9.84 Å². The predicted molar refractivity (Wildman–Crippen MR) is 58.9 cm³/mol. The van der Waals surface area contributed by atoms with Gasteiger partial charge in [0.15, 0.2) is 9.84 Å². The Hall–Kier alpha value is -0.0900. The third-order valence-corrected chi connectivity index (χ3v) is 4.72. The average Bonchev–Trinajstić information content (AvgIpc) is 2.25. The van der Waals surface area contributed by atoms with E-state index in [0.717, 1.165) is 19.3 Å². The highest BCUT2D eigenvalue weighted by Crippen LogP contribution is 2.26. The van der Waals surface area contributed by atoms with Crippen molar-refractivity contribution in [3.05, 3.63) is 0 Å². The van der Waals surface area contributed by atoms with Gasteiger partial charge in [-0.25, -0.2) is 8.42 Å². The third kappa shape index (κ3) is 3.58. The lowest BCUT2D eigenvalue weighted by molar-refractivity contribution is 0.401. The molecule has 0 aromatic carbocycles. The topological polar surface area (TPSA) is 60.2 Å². The number of sulfone groups is 1. The second-order valence-corrected chi connectivity index (χ2v) is 7.17. The second-order valence-electron chi connectivity index (χ2n) is 4.99. The van der Waals surface area contributed by atoms with E-state index < -0.39 is 15.4 Å². The molecule has 0 bridgehead atoms. The lowest BCUT2D eigenvalue weighted by Gasteiger charge is -2.22. The minimum atomic E-state index is -2.83. The van der Waals surface area contributed by atoms with Crippen LogP contribution in [0.25, 0.3) is 0 Å². The van der Waals surface area contributed by atoms with Crippen LogP contribution in [0.15, 0.2) is 0 Å². The summed E-state index contributed by atoms with van der Waals surface area (Å²) < 4.78 is 22.5. The maximum absolute atomic E-state index is 11.3. The Bertz CT molecular complexity index is 284. The zero-order valence-corrected chi connectivity index (χ0v) is 9.94. The second kappa shape index (κ2) is 4.19. The van der Waals surface area contributed by atoms with Crippen molar-refractivity contribution < 1.29 is 8.42 Å². The smallest absolute Gasteiger partial charge is 0.152 e. The SMILES string of the molecule is CC(C)CCCC1(N)CCS(=O)(=O)C1. The minimum absolute atomic E-state index is 0.193. The van der Waals surface area contributed by atoms with Gasteiger partial charge < -0.3 is 5.73 Å². The summed E-state index contributed by atoms with van der Waals surface area (Å²) >= 11 is 0. The Balaban J connectivity index is 2.38. The van der Waals surface area contributed by atoms with Gasteiger partial charge >= 0.3 is 0 Å². The third-order valence-electron chi connectivity index (χ3n) is 2.87. The van der Waals surface area contributed by atoms with Crippen molar-refractivity contribution in [2.24, 2.45) is 11.7 Å². The molecule has 1 atom stereocenters. The van der Waals surface area contributed by atoms with Crippen molar-refractivity contribution in [1.29, 1.82) is 0 Å². The summed E-state index contributed by atoms with van der Waals surface area (Å²) in [6.45, 7) is 4.35. The van der Waals surface area contributed by atoms with Crippen molar-refractivity contribution in [2.45, 2.75) is 45.1 Å². The lowest BCUT2D eigenvalue weighted by atomic mass is 9.91. The molecule has 1 aliphatic rings. The van der Waals surface area contributed by atoms with Crippen LogP contribution >= 0.6 is 0 Å². The molecular formula is C10H21NO2S. The van der Waals surface area contributed by atoms with Crippen LogP contribution < -0.4 is 5.73 Å². The molecule has 1 aliphatic heterocycles. The summed E-state index contributed by atoms with van der Waals surface area (Å²) in [5.74, 6) is 1.15. The van der Waals surface area contributed by atoms with Crippen LogP contribution in [0.5, 0.6) is 0 Å². The van der Waals surface area contributed by atoms with Crippen LogP contribution in [0.1, 0.15) is 39.5 Å². The molecule has 1 rings (SSSR count). The van der Waals surface area contributed by atoms with Gasteiger partial charge in [0.25, 0.3) is 0 Å². The summed E-state index contributed by atoms with van der Waals surface area (Å²) in [6.07, 6.45) is 3.68. The summed E-state index contributed by atoms with van der Waals surface area (Å²) in [5.41, 5.74) is 5.62. The summed E-state index contributed by atoms with van der Waals surface area (Å²) in [6, 6.07) is 0. The first-order valence-electron chi connectivity index (χ1n) is 5.32. The van der Waals surface area contributed by atoms with Crippen LogP contribution in [0.4, 0.5) is 0 Å². The van der Waals surface area contributed by atoms with Crippen LogP contribution in [0, 0.1) is 5.92 Å². The molecule has 0 aliphatic carbocycles. The van der Waals surface area contributed by atoms with E-state index in [2.05, 4.69) is 13.8 Å². The van der Waals surface area contributed by atoms with E-state index in [1.54, 1.807) is 0 Å². The number of nitrogens with two attached hydrogens (primary N) is 1. The normalized spacial score (nSPS) is 31.1. The van der Waals surface area contributed by atoms with Crippen molar-refractivity contribution in [3.8, 4) is 0 Å². The summed E-state index contributed by atoms with van der Waals surface area (Å²) in [4.78, 5) is 0. The van der Waals surface area contributed by atoms with E-state index in [4.69, 9.17) is 5.73 Å². The van der Waals surface area contributed by atoms with Crippen molar-refractivity contribution in [3.63, 3.8) is 0 Å². The standard InChI is InChI=1S/C10H21NO2S/c1-9(2)4-3-5-10(11)6-7-14(12,13)8-10/h9H,3-8,11H2,1-2H3. The fourth-order valence-electron chi connectivity index (χ4n) is 2.00. The van der Waals surface area contributed by atoms with Gasteiger partial charge in [-0.05, 0) is 18.8 Å². The van der Waals surface area contributed by atoms with E-state index in [1.807, 2.05) is 0 Å². The Morgan fingerprint density at radius 2 is 2.07 bits per heavy atom. The van der Waals surface area contributed by atoms with E-state index in [-0.39, 0.29) is 11.5 Å². The quantitative estimate of drug-likeness (QED) is 0.776. The van der Waals surface area contributed by atoms with Crippen LogP contribution in [-0.4, -0.2) is 25.5 Å². The molecule has 0 saturated carbocycles. The first-order valence-corrected chi connectivity index (χ1v) is 7.14. The molecular weight excluding hydrogens is 198 g/mol. The molecule has 0 spiro atoms. The predicted octanol–water partition coefficient (Wildman–Crippen LogP) is 1.33. The molecule has 1 saturated heterocycles. The van der Waals surface area contributed by atoms with Gasteiger partial charge in [0.2, 0.25) is 0 Å². The van der Waals surface area contributed by atoms with Crippen molar-refractivity contribution in [2.75, 3.05) is 11.5 Å². The van der Waals surface area contributed by atoms with Gasteiger partial charge in [-0.2, -0.15) is 0 Å². The molecule has 1 fully saturated rings. The fourth-order valence-corrected chi connectivity index (χ4v) is 4.03. The zero-order chi connectivity index (χ0) is 10.8. The van der Waals surface area contributed by atoms with Gasteiger partial charge in [0, 0.05) is 5.54 Å². The Labute approximate surface area is 87.0 Å².